The SMILES string of the molecule is CCN[C@H](c1ccccc1)[C@H](NP(=S)(c1ccccc1)c1ccccc1)c1ccccc1. The Morgan fingerprint density at radius 2 is 0.969 bits per heavy atom. The average molecular weight is 457 g/mol. The van der Waals surface area contributed by atoms with E-state index in [1.807, 2.05) is 12.1 Å². The van der Waals surface area contributed by atoms with Crippen LogP contribution in [0.1, 0.15) is 30.1 Å². The largest absolute Gasteiger partial charge is 0.309 e. The Kier molecular flexibility index (Phi) is 7.68. The molecule has 4 aromatic rings. The number of likely N-dealkylation sites (N-methyl/N-ethyl adjacent to an activating group) is 1. The van der Waals surface area contributed by atoms with Crippen molar-refractivity contribution in [3.8, 4) is 0 Å². The highest BCUT2D eigenvalue weighted by Gasteiger charge is 2.31. The zero-order valence-electron chi connectivity index (χ0n) is 18.3. The summed E-state index contributed by atoms with van der Waals surface area (Å²) in [6.07, 6.45) is -2.30. The maximum absolute atomic E-state index is 6.54. The van der Waals surface area contributed by atoms with Crippen LogP contribution in [0.5, 0.6) is 0 Å². The van der Waals surface area contributed by atoms with Crippen LogP contribution in [-0.2, 0) is 11.8 Å². The second-order valence-corrected chi connectivity index (χ2v) is 11.9. The van der Waals surface area contributed by atoms with Gasteiger partial charge in [-0.15, -0.1) is 0 Å². The van der Waals surface area contributed by atoms with Crippen molar-refractivity contribution in [2.24, 2.45) is 0 Å². The molecular weight excluding hydrogens is 427 g/mol. The molecule has 2 nitrogen and oxygen atoms in total. The maximum atomic E-state index is 6.54. The fraction of sp³-hybridized carbons (Fsp3) is 0.143. The third-order valence-electron chi connectivity index (χ3n) is 5.64. The van der Waals surface area contributed by atoms with E-state index in [0.717, 1.165) is 6.54 Å². The molecule has 4 aromatic carbocycles. The molecule has 0 radical (unpaired) electrons. The van der Waals surface area contributed by atoms with Gasteiger partial charge in [-0.2, -0.15) is 0 Å². The second-order valence-electron chi connectivity index (χ2n) is 7.74. The Bertz CT molecular complexity index is 1090. The predicted octanol–water partition coefficient (Wildman–Crippen LogP) is 5.71. The Balaban J connectivity index is 1.86. The molecule has 2 atom stereocenters. The lowest BCUT2D eigenvalue weighted by molar-refractivity contribution is 0.444. The van der Waals surface area contributed by atoms with E-state index in [4.69, 9.17) is 11.8 Å². The normalized spacial score (nSPS) is 13.4. The van der Waals surface area contributed by atoms with Gasteiger partial charge in [-0.1, -0.05) is 140 Å². The van der Waals surface area contributed by atoms with Gasteiger partial charge in [0, 0.05) is 10.6 Å². The first-order valence-corrected chi connectivity index (χ1v) is 13.8. The zero-order chi connectivity index (χ0) is 22.2. The minimum Gasteiger partial charge on any atom is -0.309 e. The second kappa shape index (κ2) is 10.8. The molecule has 0 aromatic heterocycles. The van der Waals surface area contributed by atoms with Crippen molar-refractivity contribution in [3.05, 3.63) is 132 Å². The third kappa shape index (κ3) is 5.09. The van der Waals surface area contributed by atoms with E-state index >= 15 is 0 Å². The van der Waals surface area contributed by atoms with Crippen LogP contribution in [-0.4, -0.2) is 6.54 Å². The molecule has 0 aliphatic carbocycles. The molecule has 0 saturated heterocycles. The first kappa shape index (κ1) is 22.6. The Morgan fingerprint density at radius 1 is 0.594 bits per heavy atom. The highest BCUT2D eigenvalue weighted by Crippen LogP contribution is 2.45. The Labute approximate surface area is 196 Å². The molecule has 0 saturated carbocycles. The van der Waals surface area contributed by atoms with E-state index in [1.165, 1.54) is 21.7 Å². The number of benzene rings is 4. The van der Waals surface area contributed by atoms with Crippen molar-refractivity contribution in [2.75, 3.05) is 6.54 Å². The van der Waals surface area contributed by atoms with E-state index in [0.29, 0.717) is 0 Å². The van der Waals surface area contributed by atoms with E-state index in [2.05, 4.69) is 127 Å². The number of hydrogen-bond acceptors (Lipinski definition) is 2. The van der Waals surface area contributed by atoms with Gasteiger partial charge in [0.25, 0.3) is 0 Å². The molecule has 4 rings (SSSR count). The molecule has 0 spiro atoms. The first-order chi connectivity index (χ1) is 15.7. The number of hydrogen-bond donors (Lipinski definition) is 2. The van der Waals surface area contributed by atoms with Gasteiger partial charge in [-0.05, 0) is 17.7 Å². The van der Waals surface area contributed by atoms with Crippen LogP contribution in [0.25, 0.3) is 0 Å². The summed E-state index contributed by atoms with van der Waals surface area (Å²) in [5.74, 6) is 0. The van der Waals surface area contributed by atoms with Gasteiger partial charge in [0.2, 0.25) is 0 Å². The van der Waals surface area contributed by atoms with Crippen molar-refractivity contribution in [3.63, 3.8) is 0 Å². The van der Waals surface area contributed by atoms with E-state index in [-0.39, 0.29) is 12.1 Å². The van der Waals surface area contributed by atoms with Gasteiger partial charge in [-0.25, -0.2) is 0 Å². The molecule has 32 heavy (non-hydrogen) atoms. The van der Waals surface area contributed by atoms with Crippen molar-refractivity contribution in [2.45, 2.75) is 19.0 Å². The smallest absolute Gasteiger partial charge is 0.0689 e. The van der Waals surface area contributed by atoms with Gasteiger partial charge < -0.3 is 5.32 Å². The summed E-state index contributed by atoms with van der Waals surface area (Å²) in [6.45, 7) is 3.02. The summed E-state index contributed by atoms with van der Waals surface area (Å²) in [4.78, 5) is 0. The van der Waals surface area contributed by atoms with Crippen molar-refractivity contribution in [1.29, 1.82) is 0 Å². The van der Waals surface area contributed by atoms with Gasteiger partial charge >= 0.3 is 0 Å². The summed E-state index contributed by atoms with van der Waals surface area (Å²) in [5, 5.41) is 10.1. The molecule has 0 unspecified atom stereocenters. The van der Waals surface area contributed by atoms with E-state index in [1.54, 1.807) is 0 Å². The van der Waals surface area contributed by atoms with E-state index < -0.39 is 6.19 Å². The minimum atomic E-state index is -2.30. The molecule has 0 heterocycles. The topological polar surface area (TPSA) is 24.1 Å². The van der Waals surface area contributed by atoms with Gasteiger partial charge in [-0.3, -0.25) is 5.09 Å². The summed E-state index contributed by atoms with van der Waals surface area (Å²) in [6, 6.07) is 42.5. The van der Waals surface area contributed by atoms with Crippen LogP contribution in [0.4, 0.5) is 0 Å². The third-order valence-corrected chi connectivity index (χ3v) is 9.91. The van der Waals surface area contributed by atoms with Crippen LogP contribution in [0.3, 0.4) is 0 Å². The summed E-state index contributed by atoms with van der Waals surface area (Å²) in [7, 11) is 0. The van der Waals surface area contributed by atoms with Crippen molar-refractivity contribution >= 4 is 28.6 Å². The minimum absolute atomic E-state index is 0.00444. The highest BCUT2D eigenvalue weighted by molar-refractivity contribution is 8.20. The summed E-state index contributed by atoms with van der Waals surface area (Å²) in [5.41, 5.74) is 2.47. The van der Waals surface area contributed by atoms with Crippen LogP contribution < -0.4 is 21.0 Å². The lowest BCUT2D eigenvalue weighted by atomic mass is 9.94. The quantitative estimate of drug-likeness (QED) is 0.315. The zero-order valence-corrected chi connectivity index (χ0v) is 20.0. The average Bonchev–Trinajstić information content (AvgIpc) is 2.88. The molecule has 0 aliphatic heterocycles. The van der Waals surface area contributed by atoms with Gasteiger partial charge in [0.15, 0.2) is 0 Å². The Hall–Kier alpha value is -2.55. The molecule has 2 N–H and O–H groups in total. The first-order valence-electron chi connectivity index (χ1n) is 11.0. The molecule has 4 heteroatoms. The maximum Gasteiger partial charge on any atom is 0.0689 e. The number of rotatable bonds is 9. The van der Waals surface area contributed by atoms with E-state index in [9.17, 15) is 0 Å². The monoisotopic (exact) mass is 456 g/mol. The lowest BCUT2D eigenvalue weighted by Gasteiger charge is -2.35. The van der Waals surface area contributed by atoms with Crippen LogP contribution in [0, 0.1) is 0 Å². The van der Waals surface area contributed by atoms with Gasteiger partial charge in [0.05, 0.1) is 18.3 Å². The van der Waals surface area contributed by atoms with Crippen LogP contribution >= 0.6 is 6.19 Å². The van der Waals surface area contributed by atoms with Gasteiger partial charge in [0.1, 0.15) is 0 Å². The summed E-state index contributed by atoms with van der Waals surface area (Å²) >= 11 is 6.54. The highest BCUT2D eigenvalue weighted by atomic mass is 32.4. The molecule has 162 valence electrons. The Morgan fingerprint density at radius 3 is 1.38 bits per heavy atom. The molecule has 0 bridgehead atoms. The van der Waals surface area contributed by atoms with Crippen molar-refractivity contribution < 1.29 is 0 Å². The van der Waals surface area contributed by atoms with Crippen molar-refractivity contribution in [1.82, 2.24) is 10.4 Å². The molecule has 0 fully saturated rings. The molecular formula is C28H29N2PS. The summed E-state index contributed by atoms with van der Waals surface area (Å²) < 4.78 is 0. The molecule has 0 aliphatic rings. The van der Waals surface area contributed by atoms with Crippen LogP contribution in [0.15, 0.2) is 121 Å². The lowest BCUT2D eigenvalue weighted by Crippen LogP contribution is -2.38. The fourth-order valence-corrected chi connectivity index (χ4v) is 7.62. The number of nitrogens with one attached hydrogen (secondary N) is 2. The fourth-order valence-electron chi connectivity index (χ4n) is 4.08. The van der Waals surface area contributed by atoms with Crippen LogP contribution in [0.2, 0.25) is 0 Å². The predicted molar refractivity (Wildman–Crippen MR) is 142 cm³/mol. The standard InChI is InChI=1S/C28H29N2PS/c1-2-29-27(23-15-7-3-8-16-23)28(24-17-9-4-10-18-24)30-31(32,25-19-11-5-12-20-25)26-21-13-6-14-22-26/h3-22,27-29H,2H2,1H3,(H,30,32)/t27-,28-/m1/s1. The molecule has 0 amide bonds.